The van der Waals surface area contributed by atoms with E-state index in [9.17, 15) is 0 Å². The molecule has 240 valence electrons. The van der Waals surface area contributed by atoms with Crippen LogP contribution in [0.1, 0.15) is 72.9 Å². The van der Waals surface area contributed by atoms with Crippen molar-refractivity contribution >= 4 is 30.6 Å². The van der Waals surface area contributed by atoms with Crippen molar-refractivity contribution in [3.63, 3.8) is 0 Å². The molecule has 0 aliphatic heterocycles. The van der Waals surface area contributed by atoms with Gasteiger partial charge in [-0.05, 0) is 90.7 Å². The SMILES string of the molecule is CC(C)c1cccc(-c2cccc3c2C=C([Si](C2=Cc4c(cccc4-c4cccc(C(C)C)c4)C2)(c2ccccc2)c2ccccc2)C3)c1. The maximum atomic E-state index is 2.61. The van der Waals surface area contributed by atoms with Crippen LogP contribution in [0.3, 0.4) is 0 Å². The van der Waals surface area contributed by atoms with Crippen LogP contribution in [0.5, 0.6) is 0 Å². The highest BCUT2D eigenvalue weighted by Gasteiger charge is 2.47. The minimum atomic E-state index is -2.66. The van der Waals surface area contributed by atoms with Crippen molar-refractivity contribution in [2.75, 3.05) is 0 Å². The Bertz CT molecular complexity index is 2060. The molecule has 8 rings (SSSR count). The largest absolute Gasteiger partial charge is 0.172 e. The van der Waals surface area contributed by atoms with Crippen LogP contribution < -0.4 is 10.4 Å². The van der Waals surface area contributed by atoms with Crippen molar-refractivity contribution in [3.8, 4) is 22.3 Å². The normalized spacial score (nSPS) is 13.8. The third-order valence-corrected chi connectivity index (χ3v) is 15.9. The molecular formula is C48H44Si. The first-order valence-corrected chi connectivity index (χ1v) is 19.9. The van der Waals surface area contributed by atoms with Gasteiger partial charge in [0.2, 0.25) is 0 Å². The zero-order valence-electron chi connectivity index (χ0n) is 29.1. The Hall–Kier alpha value is -4.98. The molecule has 0 aromatic heterocycles. The van der Waals surface area contributed by atoms with Gasteiger partial charge in [-0.3, -0.25) is 0 Å². The van der Waals surface area contributed by atoms with Gasteiger partial charge in [-0.2, -0.15) is 0 Å². The summed E-state index contributed by atoms with van der Waals surface area (Å²) in [6.07, 6.45) is 7.16. The van der Waals surface area contributed by atoms with Crippen LogP contribution in [0.15, 0.2) is 156 Å². The van der Waals surface area contributed by atoms with E-state index in [2.05, 4.69) is 185 Å². The number of rotatable bonds is 8. The molecule has 0 unspecified atom stereocenters. The Morgan fingerprint density at radius 1 is 0.429 bits per heavy atom. The summed E-state index contributed by atoms with van der Waals surface area (Å²) in [6, 6.07) is 55.2. The predicted molar refractivity (Wildman–Crippen MR) is 213 cm³/mol. The molecular weight excluding hydrogens is 605 g/mol. The molecule has 2 aliphatic carbocycles. The van der Waals surface area contributed by atoms with Gasteiger partial charge in [-0.15, -0.1) is 0 Å². The molecule has 0 N–H and O–H groups in total. The van der Waals surface area contributed by atoms with E-state index in [1.54, 1.807) is 10.4 Å². The summed E-state index contributed by atoms with van der Waals surface area (Å²) in [5, 5.41) is 6.08. The lowest BCUT2D eigenvalue weighted by Crippen LogP contribution is -2.62. The maximum absolute atomic E-state index is 2.66. The lowest BCUT2D eigenvalue weighted by Gasteiger charge is -2.36. The summed E-state index contributed by atoms with van der Waals surface area (Å²) < 4.78 is 0. The van der Waals surface area contributed by atoms with Gasteiger partial charge < -0.3 is 0 Å². The van der Waals surface area contributed by atoms with Gasteiger partial charge >= 0.3 is 0 Å². The second-order valence-corrected chi connectivity index (χ2v) is 18.4. The number of hydrogen-bond acceptors (Lipinski definition) is 0. The van der Waals surface area contributed by atoms with Crippen LogP contribution in [0, 0.1) is 0 Å². The molecule has 0 amide bonds. The summed E-state index contributed by atoms with van der Waals surface area (Å²) >= 11 is 0. The first-order chi connectivity index (χ1) is 23.9. The second-order valence-electron chi connectivity index (χ2n) is 14.5. The molecule has 6 aromatic carbocycles. The molecule has 0 atom stereocenters. The molecule has 0 bridgehead atoms. The lowest BCUT2D eigenvalue weighted by atomic mass is 9.93. The van der Waals surface area contributed by atoms with Crippen molar-refractivity contribution in [1.82, 2.24) is 0 Å². The van der Waals surface area contributed by atoms with E-state index in [0.717, 1.165) is 12.8 Å². The Balaban J connectivity index is 1.35. The van der Waals surface area contributed by atoms with E-state index in [1.165, 1.54) is 66.0 Å². The average molecular weight is 649 g/mol. The van der Waals surface area contributed by atoms with E-state index in [-0.39, 0.29) is 0 Å². The molecule has 6 aromatic rings. The van der Waals surface area contributed by atoms with Gasteiger partial charge in [0.25, 0.3) is 0 Å². The fraction of sp³-hybridized carbons (Fsp3) is 0.167. The Labute approximate surface area is 293 Å². The standard InChI is InChI=1S/C48H44Si/c1-33(2)35-15-11-17-37(27-35)45-25-13-19-39-29-43(31-47(39)45)49(41-21-7-5-8-22-41,42-23-9-6-10-24-42)44-30-40-20-14-26-46(48(40)32-44)38-18-12-16-36(28-38)34(3)4/h5-28,31-34H,29-30H2,1-4H3. The van der Waals surface area contributed by atoms with E-state index in [0.29, 0.717) is 11.8 Å². The highest BCUT2D eigenvalue weighted by molar-refractivity contribution is 7.13. The van der Waals surface area contributed by atoms with E-state index < -0.39 is 8.07 Å². The van der Waals surface area contributed by atoms with E-state index in [1.807, 2.05) is 0 Å². The monoisotopic (exact) mass is 648 g/mol. The van der Waals surface area contributed by atoms with Crippen LogP contribution >= 0.6 is 0 Å². The molecule has 49 heavy (non-hydrogen) atoms. The summed E-state index contributed by atoms with van der Waals surface area (Å²) in [5.41, 5.74) is 13.7. The molecule has 0 heterocycles. The van der Waals surface area contributed by atoms with Gasteiger partial charge in [0, 0.05) is 0 Å². The topological polar surface area (TPSA) is 0 Å². The first kappa shape index (κ1) is 31.3. The summed E-state index contributed by atoms with van der Waals surface area (Å²) in [4.78, 5) is 0. The van der Waals surface area contributed by atoms with E-state index in [4.69, 9.17) is 0 Å². The summed E-state index contributed by atoms with van der Waals surface area (Å²) in [7, 11) is -2.66. The minimum absolute atomic E-state index is 0.493. The molecule has 1 heteroatoms. The minimum Gasteiger partial charge on any atom is -0.0626 e. The van der Waals surface area contributed by atoms with Crippen molar-refractivity contribution in [2.24, 2.45) is 0 Å². The third-order valence-electron chi connectivity index (χ3n) is 10.9. The van der Waals surface area contributed by atoms with Gasteiger partial charge in [0.15, 0.2) is 8.07 Å². The van der Waals surface area contributed by atoms with Gasteiger partial charge in [-0.1, -0.05) is 196 Å². The van der Waals surface area contributed by atoms with Gasteiger partial charge in [0.1, 0.15) is 0 Å². The second kappa shape index (κ2) is 12.8. The van der Waals surface area contributed by atoms with Crippen LogP contribution in [0.2, 0.25) is 0 Å². The fourth-order valence-corrected chi connectivity index (χ4v) is 13.6. The summed E-state index contributed by atoms with van der Waals surface area (Å²) in [6.45, 7) is 9.13. The van der Waals surface area contributed by atoms with Gasteiger partial charge in [-0.25, -0.2) is 0 Å². The highest BCUT2D eigenvalue weighted by Crippen LogP contribution is 2.44. The quantitative estimate of drug-likeness (QED) is 0.144. The fourth-order valence-electron chi connectivity index (χ4n) is 8.34. The molecule has 0 fully saturated rings. The van der Waals surface area contributed by atoms with Crippen molar-refractivity contribution in [1.29, 1.82) is 0 Å². The first-order valence-electron chi connectivity index (χ1n) is 17.9. The number of allylic oxidation sites excluding steroid dienone is 2. The number of fused-ring (bicyclic) bond motifs is 2. The average Bonchev–Trinajstić information content (AvgIpc) is 3.78. The van der Waals surface area contributed by atoms with Crippen LogP contribution in [0.25, 0.3) is 34.4 Å². The maximum Gasteiger partial charge on any atom is 0.172 e. The molecule has 0 spiro atoms. The van der Waals surface area contributed by atoms with E-state index >= 15 is 0 Å². The van der Waals surface area contributed by atoms with Crippen molar-refractivity contribution in [2.45, 2.75) is 52.4 Å². The zero-order valence-corrected chi connectivity index (χ0v) is 30.1. The molecule has 0 saturated heterocycles. The predicted octanol–water partition coefficient (Wildman–Crippen LogP) is 11.2. The van der Waals surface area contributed by atoms with Gasteiger partial charge in [0.05, 0.1) is 0 Å². The third kappa shape index (κ3) is 5.47. The number of benzene rings is 6. The van der Waals surface area contributed by atoms with Crippen molar-refractivity contribution < 1.29 is 0 Å². The molecule has 0 nitrogen and oxygen atoms in total. The van der Waals surface area contributed by atoms with Crippen LogP contribution in [-0.4, -0.2) is 8.07 Å². The summed E-state index contributed by atoms with van der Waals surface area (Å²) in [5.74, 6) is 0.986. The van der Waals surface area contributed by atoms with Crippen LogP contribution in [-0.2, 0) is 12.8 Å². The highest BCUT2D eigenvalue weighted by atomic mass is 28.3. The Morgan fingerprint density at radius 3 is 1.24 bits per heavy atom. The Morgan fingerprint density at radius 2 is 0.837 bits per heavy atom. The molecule has 0 saturated carbocycles. The lowest BCUT2D eigenvalue weighted by molar-refractivity contribution is 0.867. The Kier molecular flexibility index (Phi) is 8.18. The smallest absolute Gasteiger partial charge is 0.0626 e. The number of hydrogen-bond donors (Lipinski definition) is 0. The molecule has 2 aliphatic rings. The van der Waals surface area contributed by atoms with Crippen LogP contribution in [0.4, 0.5) is 0 Å². The molecule has 0 radical (unpaired) electrons. The zero-order chi connectivity index (χ0) is 33.5. The van der Waals surface area contributed by atoms with Crippen molar-refractivity contribution in [3.05, 3.63) is 189 Å².